The summed E-state index contributed by atoms with van der Waals surface area (Å²) in [7, 11) is 2.00. The summed E-state index contributed by atoms with van der Waals surface area (Å²) >= 11 is 0. The number of rotatable bonds is 10. The zero-order valence-electron chi connectivity index (χ0n) is 14.9. The van der Waals surface area contributed by atoms with Gasteiger partial charge in [-0.2, -0.15) is 0 Å². The first kappa shape index (κ1) is 22.4. The van der Waals surface area contributed by atoms with Crippen molar-refractivity contribution in [3.63, 3.8) is 0 Å². The predicted molar refractivity (Wildman–Crippen MR) is 105 cm³/mol. The Kier molecular flexibility index (Phi) is 12.5. The van der Waals surface area contributed by atoms with E-state index in [1.54, 1.807) is 0 Å². The van der Waals surface area contributed by atoms with Gasteiger partial charge in [-0.15, -0.1) is 24.0 Å². The molecule has 1 aliphatic carbocycles. The van der Waals surface area contributed by atoms with Crippen LogP contribution in [0.1, 0.15) is 40.0 Å². The number of carbonyl (C=O) groups is 1. The Morgan fingerprint density at radius 3 is 2.65 bits per heavy atom. The van der Waals surface area contributed by atoms with E-state index in [4.69, 9.17) is 4.74 Å². The average molecular weight is 440 g/mol. The summed E-state index contributed by atoms with van der Waals surface area (Å²) in [4.78, 5) is 18.2. The number of aliphatic imine (C=N–C) groups is 1. The van der Waals surface area contributed by atoms with E-state index in [1.165, 1.54) is 12.8 Å². The number of carbonyl (C=O) groups excluding carboxylic acids is 1. The Bertz CT molecular complexity index is 360. The average Bonchev–Trinajstić information content (AvgIpc) is 3.25. The number of guanidine groups is 1. The first-order valence-electron chi connectivity index (χ1n) is 8.39. The summed E-state index contributed by atoms with van der Waals surface area (Å²) in [6.45, 7) is 9.66. The molecule has 0 aromatic carbocycles. The van der Waals surface area contributed by atoms with E-state index in [2.05, 4.69) is 20.5 Å². The Morgan fingerprint density at radius 1 is 1.39 bits per heavy atom. The molecule has 1 fully saturated rings. The minimum atomic E-state index is 0. The molecule has 1 saturated carbocycles. The maximum absolute atomic E-state index is 11.6. The lowest BCUT2D eigenvalue weighted by atomic mass is 10.3. The summed E-state index contributed by atoms with van der Waals surface area (Å²) in [6.07, 6.45) is 3.05. The molecule has 6 nitrogen and oxygen atoms in total. The van der Waals surface area contributed by atoms with E-state index in [-0.39, 0.29) is 35.9 Å². The van der Waals surface area contributed by atoms with Crippen molar-refractivity contribution in [2.45, 2.75) is 46.1 Å². The molecule has 0 aliphatic heterocycles. The van der Waals surface area contributed by atoms with Gasteiger partial charge in [-0.05, 0) is 39.5 Å². The van der Waals surface area contributed by atoms with Gasteiger partial charge in [0.1, 0.15) is 0 Å². The Hall–Kier alpha value is -0.570. The highest BCUT2D eigenvalue weighted by Crippen LogP contribution is 2.28. The molecule has 1 aliphatic rings. The fraction of sp³-hybridized carbons (Fsp3) is 0.875. The maximum Gasteiger partial charge on any atom is 0.222 e. The van der Waals surface area contributed by atoms with Crippen molar-refractivity contribution in [1.29, 1.82) is 0 Å². The number of halogens is 1. The second-order valence-corrected chi connectivity index (χ2v) is 6.15. The second kappa shape index (κ2) is 12.8. The molecule has 2 N–H and O–H groups in total. The SMILES string of the molecule is CCNC(=NCCC(=O)NC(C)C)N(C)CCOCC1CC1.I. The summed E-state index contributed by atoms with van der Waals surface area (Å²) < 4.78 is 5.65. The molecule has 0 aromatic rings. The van der Waals surface area contributed by atoms with Gasteiger partial charge in [-0.1, -0.05) is 0 Å². The summed E-state index contributed by atoms with van der Waals surface area (Å²) in [5.74, 6) is 1.67. The molecule has 1 amide bonds. The minimum Gasteiger partial charge on any atom is -0.379 e. The van der Waals surface area contributed by atoms with Crippen LogP contribution in [0.4, 0.5) is 0 Å². The monoisotopic (exact) mass is 440 g/mol. The molecule has 0 bridgehead atoms. The molecule has 23 heavy (non-hydrogen) atoms. The van der Waals surface area contributed by atoms with Crippen LogP contribution in [0.3, 0.4) is 0 Å². The fourth-order valence-corrected chi connectivity index (χ4v) is 1.97. The molecule has 7 heteroatoms. The number of nitrogens with one attached hydrogen (secondary N) is 2. The van der Waals surface area contributed by atoms with Gasteiger partial charge in [0.2, 0.25) is 5.91 Å². The van der Waals surface area contributed by atoms with Crippen molar-refractivity contribution in [2.75, 3.05) is 39.9 Å². The Labute approximate surface area is 157 Å². The van der Waals surface area contributed by atoms with Crippen LogP contribution in [0, 0.1) is 5.92 Å². The topological polar surface area (TPSA) is 66.0 Å². The highest BCUT2D eigenvalue weighted by atomic mass is 127. The minimum absolute atomic E-state index is 0. The maximum atomic E-state index is 11.6. The fourth-order valence-electron chi connectivity index (χ4n) is 1.97. The quantitative estimate of drug-likeness (QED) is 0.236. The molecule has 0 aromatic heterocycles. The van der Waals surface area contributed by atoms with Gasteiger partial charge < -0.3 is 20.3 Å². The first-order chi connectivity index (χ1) is 10.5. The molecule has 0 spiro atoms. The lowest BCUT2D eigenvalue weighted by molar-refractivity contribution is -0.121. The highest BCUT2D eigenvalue weighted by Gasteiger charge is 2.21. The second-order valence-electron chi connectivity index (χ2n) is 6.15. The van der Waals surface area contributed by atoms with Crippen LogP contribution < -0.4 is 10.6 Å². The standard InChI is InChI=1S/C16H32N4O2.HI/c1-5-17-16(18-9-8-15(21)19-13(2)3)20(4)10-11-22-12-14-6-7-14;/h13-14H,5-12H2,1-4H3,(H,17,18)(H,19,21);1H. The van der Waals surface area contributed by atoms with Crippen molar-refractivity contribution >= 4 is 35.8 Å². The number of hydrogen-bond acceptors (Lipinski definition) is 3. The number of nitrogens with zero attached hydrogens (tertiary/aromatic N) is 2. The van der Waals surface area contributed by atoms with Crippen LogP contribution in [-0.2, 0) is 9.53 Å². The third-order valence-corrected chi connectivity index (χ3v) is 3.37. The van der Waals surface area contributed by atoms with Crippen molar-refractivity contribution in [2.24, 2.45) is 10.9 Å². The van der Waals surface area contributed by atoms with Crippen molar-refractivity contribution in [3.05, 3.63) is 0 Å². The predicted octanol–water partition coefficient (Wildman–Crippen LogP) is 1.84. The van der Waals surface area contributed by atoms with Crippen LogP contribution in [-0.4, -0.2) is 62.7 Å². The number of likely N-dealkylation sites (N-methyl/N-ethyl adjacent to an activating group) is 1. The molecular formula is C16H33IN4O2. The first-order valence-corrected chi connectivity index (χ1v) is 8.39. The van der Waals surface area contributed by atoms with Crippen molar-refractivity contribution in [3.8, 4) is 0 Å². The number of ether oxygens (including phenoxy) is 1. The normalized spacial score (nSPS) is 14.4. The zero-order chi connectivity index (χ0) is 16.4. The molecule has 0 unspecified atom stereocenters. The summed E-state index contributed by atoms with van der Waals surface area (Å²) in [6, 6.07) is 0.177. The Morgan fingerprint density at radius 2 is 2.09 bits per heavy atom. The van der Waals surface area contributed by atoms with Gasteiger partial charge >= 0.3 is 0 Å². The number of amides is 1. The molecule has 0 atom stereocenters. The van der Waals surface area contributed by atoms with Crippen molar-refractivity contribution < 1.29 is 9.53 Å². The lowest BCUT2D eigenvalue weighted by Gasteiger charge is -2.22. The van der Waals surface area contributed by atoms with Gasteiger partial charge in [0, 0.05) is 39.2 Å². The van der Waals surface area contributed by atoms with Gasteiger partial charge in [0.25, 0.3) is 0 Å². The van der Waals surface area contributed by atoms with Crippen LogP contribution >= 0.6 is 24.0 Å². The zero-order valence-corrected chi connectivity index (χ0v) is 17.3. The van der Waals surface area contributed by atoms with Gasteiger partial charge in [-0.3, -0.25) is 9.79 Å². The van der Waals surface area contributed by atoms with Gasteiger partial charge in [0.05, 0.1) is 13.2 Å². The van der Waals surface area contributed by atoms with E-state index in [1.807, 2.05) is 27.8 Å². The molecule has 136 valence electrons. The largest absolute Gasteiger partial charge is 0.379 e. The van der Waals surface area contributed by atoms with Gasteiger partial charge in [0.15, 0.2) is 5.96 Å². The van der Waals surface area contributed by atoms with Crippen LogP contribution in [0.5, 0.6) is 0 Å². The summed E-state index contributed by atoms with van der Waals surface area (Å²) in [5.41, 5.74) is 0. The Balaban J connectivity index is 0.00000484. The smallest absolute Gasteiger partial charge is 0.222 e. The van der Waals surface area contributed by atoms with E-state index in [9.17, 15) is 4.79 Å². The van der Waals surface area contributed by atoms with E-state index >= 15 is 0 Å². The van der Waals surface area contributed by atoms with Crippen LogP contribution in [0.25, 0.3) is 0 Å². The van der Waals surface area contributed by atoms with Gasteiger partial charge in [-0.25, -0.2) is 0 Å². The molecule has 1 rings (SSSR count). The van der Waals surface area contributed by atoms with Crippen molar-refractivity contribution in [1.82, 2.24) is 15.5 Å². The van der Waals surface area contributed by atoms with E-state index in [0.717, 1.165) is 31.6 Å². The molecule has 0 radical (unpaired) electrons. The van der Waals surface area contributed by atoms with Crippen LogP contribution in [0.15, 0.2) is 4.99 Å². The van der Waals surface area contributed by atoms with Crippen LogP contribution in [0.2, 0.25) is 0 Å². The highest BCUT2D eigenvalue weighted by molar-refractivity contribution is 14.0. The lowest BCUT2D eigenvalue weighted by Crippen LogP contribution is -2.41. The third-order valence-electron chi connectivity index (χ3n) is 3.37. The molecular weight excluding hydrogens is 407 g/mol. The molecule has 0 saturated heterocycles. The third kappa shape index (κ3) is 11.6. The summed E-state index contributed by atoms with van der Waals surface area (Å²) in [5, 5.41) is 6.12. The molecule has 0 heterocycles. The van der Waals surface area contributed by atoms with E-state index in [0.29, 0.717) is 19.6 Å². The number of hydrogen-bond donors (Lipinski definition) is 2. The van der Waals surface area contributed by atoms with E-state index < -0.39 is 0 Å².